The average Bonchev–Trinajstić information content (AvgIpc) is 0.811. The first-order valence-corrected chi connectivity index (χ1v) is 1.41. The molecule has 6 heavy (non-hydrogen) atoms. The average molecular weight is 422 g/mol. The smallest absolute Gasteiger partial charge is 0.0483 e. The van der Waals surface area contributed by atoms with Gasteiger partial charge in [-0.25, -0.2) is 0 Å². The van der Waals surface area contributed by atoms with E-state index in [1.165, 1.54) is 0 Å². The summed E-state index contributed by atoms with van der Waals surface area (Å²) < 4.78 is 0. The number of aliphatic hydroxyl groups excluding tert-OH is 1. The van der Waals surface area contributed by atoms with Crippen LogP contribution in [0.15, 0.2) is 0 Å². The Labute approximate surface area is 69.5 Å². The molecule has 0 aromatic rings. The fourth-order valence-corrected chi connectivity index (χ4v) is 0. The van der Waals surface area contributed by atoms with E-state index in [2.05, 4.69) is 0 Å². The molecule has 1 N–H and O–H groups in total. The molecule has 1 nitrogen and oxygen atoms in total. The van der Waals surface area contributed by atoms with Crippen molar-refractivity contribution in [2.45, 2.75) is 20.0 Å². The van der Waals surface area contributed by atoms with Crippen LogP contribution in [-0.2, 0) is 44.8 Å². The first kappa shape index (κ1) is 15.7. The van der Waals surface area contributed by atoms with Crippen molar-refractivity contribution in [3.05, 3.63) is 0 Å². The van der Waals surface area contributed by atoms with E-state index in [1.807, 2.05) is 0 Å². The number of rotatable bonds is 0. The van der Waals surface area contributed by atoms with Crippen molar-refractivity contribution in [2.24, 2.45) is 0 Å². The van der Waals surface area contributed by atoms with E-state index in [1.54, 1.807) is 13.8 Å². The summed E-state index contributed by atoms with van der Waals surface area (Å²) in [6.07, 6.45) is -0.167. The Morgan fingerprint density at radius 1 is 1.17 bits per heavy atom. The van der Waals surface area contributed by atoms with E-state index in [0.29, 0.717) is 0 Å². The maximum absolute atomic E-state index is 8.06. The third-order valence-electron chi connectivity index (χ3n) is 0. The summed E-state index contributed by atoms with van der Waals surface area (Å²) in [4.78, 5) is 0. The third kappa shape index (κ3) is 51.7. The fourth-order valence-electron chi connectivity index (χ4n) is 0. The number of hydrogen-bond donors (Lipinski definition) is 1. The second kappa shape index (κ2) is 9.67. The largest absolute Gasteiger partial charge is 0.394 e. The van der Waals surface area contributed by atoms with E-state index in [4.69, 9.17) is 5.11 Å². The van der Waals surface area contributed by atoms with Gasteiger partial charge in [-0.15, -0.1) is 0 Å². The van der Waals surface area contributed by atoms with Crippen LogP contribution in [0.3, 0.4) is 0 Å². The molecule has 0 bridgehead atoms. The normalized spacial score (nSPS) is 6.00. The first-order valence-electron chi connectivity index (χ1n) is 1.41. The molecule has 0 heterocycles. The molecule has 0 unspecified atom stereocenters. The van der Waals surface area contributed by atoms with Gasteiger partial charge in [0, 0.05) is 50.9 Å². The third-order valence-corrected chi connectivity index (χ3v) is 0. The zero-order valence-electron chi connectivity index (χ0n) is 3.92. The Kier molecular flexibility index (Phi) is 25.2. The molecule has 0 aromatic heterocycles. The monoisotopic (exact) mass is 422 g/mol. The molecule has 0 aliphatic heterocycles. The van der Waals surface area contributed by atoms with E-state index in [9.17, 15) is 0 Å². The van der Waals surface area contributed by atoms with Gasteiger partial charge in [0.1, 0.15) is 0 Å². The van der Waals surface area contributed by atoms with Gasteiger partial charge in [-0.2, -0.15) is 0 Å². The minimum absolute atomic E-state index is 0. The van der Waals surface area contributed by atoms with Crippen LogP contribution in [0.1, 0.15) is 13.8 Å². The molecule has 0 atom stereocenters. The van der Waals surface area contributed by atoms with Gasteiger partial charge in [-0.05, 0) is 13.8 Å². The van der Waals surface area contributed by atoms with E-state index >= 15 is 0 Å². The van der Waals surface area contributed by atoms with Crippen molar-refractivity contribution in [2.75, 3.05) is 0 Å². The molecule has 0 fully saturated rings. The van der Waals surface area contributed by atoms with Crippen molar-refractivity contribution >= 4 is 0 Å². The van der Waals surface area contributed by atoms with Crippen LogP contribution in [0, 0.1) is 0 Å². The first-order chi connectivity index (χ1) is 1.73. The standard InChI is InChI=1S/C3H8O.2Ta/c1-3(2)4;;/h3-4H,1-2H3;;. The van der Waals surface area contributed by atoms with Gasteiger partial charge in [-0.1, -0.05) is 0 Å². The second-order valence-electron chi connectivity index (χ2n) is 1.09. The Hall–Kier alpha value is 1.44. The molecule has 0 aliphatic carbocycles. The van der Waals surface area contributed by atoms with Crippen LogP contribution in [0.5, 0.6) is 0 Å². The van der Waals surface area contributed by atoms with Gasteiger partial charge in [0.2, 0.25) is 0 Å². The van der Waals surface area contributed by atoms with Crippen LogP contribution in [0.2, 0.25) is 0 Å². The van der Waals surface area contributed by atoms with Gasteiger partial charge >= 0.3 is 0 Å². The van der Waals surface area contributed by atoms with Gasteiger partial charge in [0.15, 0.2) is 0 Å². The van der Waals surface area contributed by atoms with Crippen LogP contribution in [0.25, 0.3) is 0 Å². The molecule has 0 rings (SSSR count). The van der Waals surface area contributed by atoms with Crippen LogP contribution >= 0.6 is 0 Å². The Bertz CT molecular complexity index is 13.5. The van der Waals surface area contributed by atoms with Crippen molar-refractivity contribution in [3.8, 4) is 0 Å². The van der Waals surface area contributed by atoms with E-state index < -0.39 is 0 Å². The van der Waals surface area contributed by atoms with E-state index in [-0.39, 0.29) is 50.9 Å². The summed E-state index contributed by atoms with van der Waals surface area (Å²) in [7, 11) is 0. The molecule has 0 saturated carbocycles. The maximum Gasteiger partial charge on any atom is 0.0483 e. The summed E-state index contributed by atoms with van der Waals surface area (Å²) in [5, 5.41) is 8.06. The molecule has 0 aliphatic rings. The molecule has 36 valence electrons. The minimum atomic E-state index is -0.167. The predicted molar refractivity (Wildman–Crippen MR) is 17.4 cm³/mol. The SMILES string of the molecule is CC(C)O.[Ta].[Ta]. The Balaban J connectivity index is -0.0000000450. The van der Waals surface area contributed by atoms with Gasteiger partial charge in [0.25, 0.3) is 0 Å². The Morgan fingerprint density at radius 3 is 1.17 bits per heavy atom. The van der Waals surface area contributed by atoms with Crippen LogP contribution in [-0.4, -0.2) is 11.2 Å². The van der Waals surface area contributed by atoms with Crippen molar-refractivity contribution < 1.29 is 49.9 Å². The topological polar surface area (TPSA) is 20.2 Å². The fraction of sp³-hybridized carbons (Fsp3) is 1.00. The second-order valence-corrected chi connectivity index (χ2v) is 1.09. The number of aliphatic hydroxyl groups is 1. The van der Waals surface area contributed by atoms with Crippen molar-refractivity contribution in [1.29, 1.82) is 0 Å². The summed E-state index contributed by atoms with van der Waals surface area (Å²) in [6, 6.07) is 0. The van der Waals surface area contributed by atoms with Crippen LogP contribution < -0.4 is 0 Å². The molecule has 0 saturated heterocycles. The molecule has 2 radical (unpaired) electrons. The zero-order chi connectivity index (χ0) is 3.58. The summed E-state index contributed by atoms with van der Waals surface area (Å²) in [5.74, 6) is 0. The molecular weight excluding hydrogens is 414 g/mol. The molecule has 0 amide bonds. The quantitative estimate of drug-likeness (QED) is 0.599. The predicted octanol–water partition coefficient (Wildman–Crippen LogP) is 0.382. The van der Waals surface area contributed by atoms with Gasteiger partial charge in [-0.3, -0.25) is 0 Å². The van der Waals surface area contributed by atoms with Crippen molar-refractivity contribution in [1.82, 2.24) is 0 Å². The molecule has 3 heteroatoms. The van der Waals surface area contributed by atoms with Gasteiger partial charge < -0.3 is 5.11 Å². The molecular formula is C3H8OTa2. The van der Waals surface area contributed by atoms with Gasteiger partial charge in [0.05, 0.1) is 0 Å². The minimum Gasteiger partial charge on any atom is -0.394 e. The summed E-state index contributed by atoms with van der Waals surface area (Å²) in [6.45, 7) is 3.44. The Morgan fingerprint density at radius 2 is 1.17 bits per heavy atom. The van der Waals surface area contributed by atoms with Crippen molar-refractivity contribution in [3.63, 3.8) is 0 Å². The van der Waals surface area contributed by atoms with E-state index in [0.717, 1.165) is 0 Å². The van der Waals surface area contributed by atoms with Crippen LogP contribution in [0.4, 0.5) is 0 Å². The zero-order valence-corrected chi connectivity index (χ0v) is 10.3. The molecule has 0 aromatic carbocycles. The number of hydrogen-bond acceptors (Lipinski definition) is 1. The molecule has 0 spiro atoms. The summed E-state index contributed by atoms with van der Waals surface area (Å²) >= 11 is 0. The maximum atomic E-state index is 8.06. The summed E-state index contributed by atoms with van der Waals surface area (Å²) in [5.41, 5.74) is 0.